The van der Waals surface area contributed by atoms with Crippen LogP contribution in [-0.4, -0.2) is 50.2 Å². The van der Waals surface area contributed by atoms with Crippen LogP contribution in [0.5, 0.6) is 0 Å². The maximum Gasteiger partial charge on any atom is 0.252 e. The lowest BCUT2D eigenvalue weighted by Gasteiger charge is -2.46. The number of carbonyl (C=O) groups excluding carboxylic acids is 1. The Kier molecular flexibility index (Phi) is 4.07. The Morgan fingerprint density at radius 2 is 2.23 bits per heavy atom. The van der Waals surface area contributed by atoms with Crippen molar-refractivity contribution in [3.8, 4) is 0 Å². The molecule has 1 saturated carbocycles. The van der Waals surface area contributed by atoms with Gasteiger partial charge in [0, 0.05) is 38.5 Å². The first-order valence-corrected chi connectivity index (χ1v) is 9.94. The highest BCUT2D eigenvalue weighted by atomic mass is 32.2. The zero-order valence-electron chi connectivity index (χ0n) is 13.0. The van der Waals surface area contributed by atoms with Gasteiger partial charge in [0.05, 0.1) is 0 Å². The molecule has 2 unspecified atom stereocenters. The van der Waals surface area contributed by atoms with Gasteiger partial charge >= 0.3 is 0 Å². The molecule has 0 aromatic carbocycles. The van der Waals surface area contributed by atoms with Crippen molar-refractivity contribution in [1.82, 2.24) is 9.21 Å². The number of hydrogen-bond donors (Lipinski definition) is 0. The summed E-state index contributed by atoms with van der Waals surface area (Å²) in [6, 6.07) is 3.58. The van der Waals surface area contributed by atoms with Gasteiger partial charge in [-0.2, -0.15) is 4.31 Å². The molecule has 1 aromatic heterocycles. The van der Waals surface area contributed by atoms with E-state index in [9.17, 15) is 13.2 Å². The molecule has 0 bridgehead atoms. The predicted octanol–water partition coefficient (Wildman–Crippen LogP) is 2.16. The number of rotatable bonds is 4. The number of piperidine rings is 1. The van der Waals surface area contributed by atoms with Crippen LogP contribution >= 0.6 is 11.3 Å². The molecule has 1 amide bonds. The molecular formula is C15H22N2O3S2. The van der Waals surface area contributed by atoms with Gasteiger partial charge in [-0.05, 0) is 30.7 Å². The fourth-order valence-electron chi connectivity index (χ4n) is 4.08. The lowest BCUT2D eigenvalue weighted by Crippen LogP contribution is -2.54. The van der Waals surface area contributed by atoms with Crippen LogP contribution in [0.4, 0.5) is 0 Å². The van der Waals surface area contributed by atoms with Gasteiger partial charge in [-0.15, -0.1) is 11.3 Å². The summed E-state index contributed by atoms with van der Waals surface area (Å²) >= 11 is 1.25. The third kappa shape index (κ3) is 2.49. The van der Waals surface area contributed by atoms with E-state index in [1.165, 1.54) is 15.6 Å². The molecule has 122 valence electrons. The first-order valence-electron chi connectivity index (χ1n) is 7.62. The number of nitrogens with zero attached hydrogens (tertiary/aromatic N) is 2. The fraction of sp³-hybridized carbons (Fsp3) is 0.667. The molecule has 1 aliphatic heterocycles. The molecule has 0 N–H and O–H groups in total. The molecule has 1 aliphatic carbocycles. The van der Waals surface area contributed by atoms with E-state index in [2.05, 4.69) is 0 Å². The number of thiophene rings is 1. The molecule has 2 heterocycles. The monoisotopic (exact) mass is 342 g/mol. The smallest absolute Gasteiger partial charge is 0.252 e. The molecule has 0 spiro atoms. The topological polar surface area (TPSA) is 57.7 Å². The van der Waals surface area contributed by atoms with E-state index in [4.69, 9.17) is 0 Å². The Hall–Kier alpha value is -0.920. The lowest BCUT2D eigenvalue weighted by molar-refractivity contribution is -0.139. The van der Waals surface area contributed by atoms with E-state index in [1.54, 1.807) is 24.6 Å². The third-order valence-corrected chi connectivity index (χ3v) is 8.43. The molecule has 7 heteroatoms. The summed E-state index contributed by atoms with van der Waals surface area (Å²) in [6.07, 6.45) is 4.37. The second kappa shape index (κ2) is 5.62. The molecule has 2 fully saturated rings. The second-order valence-corrected chi connectivity index (χ2v) is 9.69. The number of likely N-dealkylation sites (tertiary alicyclic amines) is 1. The van der Waals surface area contributed by atoms with E-state index in [0.717, 1.165) is 25.7 Å². The van der Waals surface area contributed by atoms with Gasteiger partial charge in [0.1, 0.15) is 4.21 Å². The first kappa shape index (κ1) is 16.0. The molecule has 2 aliphatic rings. The van der Waals surface area contributed by atoms with Crippen LogP contribution < -0.4 is 0 Å². The van der Waals surface area contributed by atoms with Crippen molar-refractivity contribution in [2.45, 2.75) is 42.4 Å². The van der Waals surface area contributed by atoms with E-state index >= 15 is 0 Å². The van der Waals surface area contributed by atoms with Crippen molar-refractivity contribution in [1.29, 1.82) is 0 Å². The maximum atomic E-state index is 12.7. The summed E-state index contributed by atoms with van der Waals surface area (Å²) in [7, 11) is 0.102. The minimum atomic E-state index is -3.42. The summed E-state index contributed by atoms with van der Waals surface area (Å²) in [5, 5.41) is 1.78. The summed E-state index contributed by atoms with van der Waals surface area (Å²) in [5.41, 5.74) is -0.0816. The van der Waals surface area contributed by atoms with E-state index in [0.29, 0.717) is 17.2 Å². The quantitative estimate of drug-likeness (QED) is 0.842. The van der Waals surface area contributed by atoms with E-state index < -0.39 is 10.0 Å². The van der Waals surface area contributed by atoms with Crippen LogP contribution in [0.2, 0.25) is 0 Å². The average Bonchev–Trinajstić information content (AvgIpc) is 3.13. The van der Waals surface area contributed by atoms with E-state index in [-0.39, 0.29) is 17.4 Å². The van der Waals surface area contributed by atoms with Crippen molar-refractivity contribution in [3.05, 3.63) is 17.5 Å². The Bertz CT molecular complexity index is 656. The molecule has 1 saturated heterocycles. The van der Waals surface area contributed by atoms with Crippen molar-refractivity contribution in [2.75, 3.05) is 20.6 Å². The van der Waals surface area contributed by atoms with Crippen LogP contribution in [0.15, 0.2) is 21.7 Å². The highest BCUT2D eigenvalue weighted by molar-refractivity contribution is 7.91. The highest BCUT2D eigenvalue weighted by Gasteiger charge is 2.50. The van der Waals surface area contributed by atoms with Gasteiger partial charge in [0.15, 0.2) is 0 Å². The van der Waals surface area contributed by atoms with Gasteiger partial charge < -0.3 is 4.90 Å². The largest absolute Gasteiger partial charge is 0.342 e. The third-order valence-electron chi connectivity index (χ3n) is 5.25. The SMILES string of the molecule is CN1C(=O)CCC2(CN(C)S(=O)(=O)c3cccs3)CCCC12. The predicted molar refractivity (Wildman–Crippen MR) is 86.2 cm³/mol. The lowest BCUT2D eigenvalue weighted by atomic mass is 9.75. The van der Waals surface area contributed by atoms with Gasteiger partial charge in [-0.1, -0.05) is 12.5 Å². The molecule has 0 radical (unpaired) electrons. The summed E-state index contributed by atoms with van der Waals surface area (Å²) < 4.78 is 27.2. The van der Waals surface area contributed by atoms with Crippen LogP contribution in [-0.2, 0) is 14.8 Å². The van der Waals surface area contributed by atoms with E-state index in [1.807, 2.05) is 11.9 Å². The minimum Gasteiger partial charge on any atom is -0.342 e. The number of carbonyl (C=O) groups is 1. The Morgan fingerprint density at radius 1 is 1.45 bits per heavy atom. The van der Waals surface area contributed by atoms with Crippen LogP contribution in [0, 0.1) is 5.41 Å². The molecule has 22 heavy (non-hydrogen) atoms. The van der Waals surface area contributed by atoms with Crippen molar-refractivity contribution >= 4 is 27.3 Å². The zero-order chi connectivity index (χ0) is 16.0. The normalized spacial score (nSPS) is 29.1. The standard InChI is InChI=1S/C15H22N2O3S2/c1-16(22(19,20)14-6-4-10-21-14)11-15-8-3-5-12(15)17(2)13(18)7-9-15/h4,6,10,12H,3,5,7-9,11H2,1-2H3. The summed E-state index contributed by atoms with van der Waals surface area (Å²) in [5.74, 6) is 0.186. The molecule has 5 nitrogen and oxygen atoms in total. The summed E-state index contributed by atoms with van der Waals surface area (Å²) in [4.78, 5) is 13.8. The molecule has 2 atom stereocenters. The fourth-order valence-corrected chi connectivity index (χ4v) is 6.55. The molecular weight excluding hydrogens is 320 g/mol. The molecule has 3 rings (SSSR count). The maximum absolute atomic E-state index is 12.7. The number of amides is 1. The van der Waals surface area contributed by atoms with Gasteiger partial charge in [-0.3, -0.25) is 4.79 Å². The second-order valence-electron chi connectivity index (χ2n) is 6.47. The van der Waals surface area contributed by atoms with Crippen molar-refractivity contribution in [3.63, 3.8) is 0 Å². The van der Waals surface area contributed by atoms with Gasteiger partial charge in [0.2, 0.25) is 5.91 Å². The van der Waals surface area contributed by atoms with Crippen LogP contribution in [0.1, 0.15) is 32.1 Å². The van der Waals surface area contributed by atoms with Crippen molar-refractivity contribution < 1.29 is 13.2 Å². The Labute approximate surface area is 136 Å². The summed E-state index contributed by atoms with van der Waals surface area (Å²) in [6.45, 7) is 0.496. The minimum absolute atomic E-state index is 0.0816. The molecule has 1 aromatic rings. The van der Waals surface area contributed by atoms with Crippen LogP contribution in [0.25, 0.3) is 0 Å². The van der Waals surface area contributed by atoms with Crippen LogP contribution in [0.3, 0.4) is 0 Å². The number of sulfonamides is 1. The number of hydrogen-bond acceptors (Lipinski definition) is 4. The Balaban J connectivity index is 1.84. The Morgan fingerprint density at radius 3 is 2.91 bits per heavy atom. The highest BCUT2D eigenvalue weighted by Crippen LogP contribution is 2.48. The average molecular weight is 342 g/mol. The zero-order valence-corrected chi connectivity index (χ0v) is 14.6. The van der Waals surface area contributed by atoms with Crippen molar-refractivity contribution in [2.24, 2.45) is 5.41 Å². The van der Waals surface area contributed by atoms with Gasteiger partial charge in [-0.25, -0.2) is 8.42 Å². The first-order chi connectivity index (χ1) is 10.4. The van der Waals surface area contributed by atoms with Gasteiger partial charge in [0.25, 0.3) is 10.0 Å². The number of fused-ring (bicyclic) bond motifs is 1.